The molecular weight excluding hydrogens is 302 g/mol. The second-order valence-electron chi connectivity index (χ2n) is 8.67. The number of amides is 1. The molecule has 1 aliphatic heterocycles. The summed E-state index contributed by atoms with van der Waals surface area (Å²) in [5, 5.41) is 14.2. The molecule has 1 aromatic rings. The Balaban J connectivity index is 1.40. The van der Waals surface area contributed by atoms with E-state index in [1.165, 1.54) is 6.42 Å². The first-order valence-corrected chi connectivity index (χ1v) is 9.30. The average molecular weight is 327 g/mol. The van der Waals surface area contributed by atoms with Crippen molar-refractivity contribution in [3.05, 3.63) is 29.8 Å². The lowest BCUT2D eigenvalue weighted by molar-refractivity contribution is -0.178. The summed E-state index contributed by atoms with van der Waals surface area (Å²) in [4.78, 5) is 13.3. The molecule has 128 valence electrons. The summed E-state index contributed by atoms with van der Waals surface area (Å²) in [5.41, 5.74) is 0.154. The van der Waals surface area contributed by atoms with Crippen LogP contribution in [0.2, 0.25) is 0 Å². The molecule has 4 bridgehead atoms. The number of carbonyl (C=O) groups is 1. The van der Waals surface area contributed by atoms with Crippen LogP contribution in [0.4, 0.5) is 0 Å². The van der Waals surface area contributed by atoms with Crippen LogP contribution in [0, 0.1) is 17.3 Å². The zero-order valence-corrected chi connectivity index (χ0v) is 14.0. The van der Waals surface area contributed by atoms with Crippen molar-refractivity contribution in [2.75, 3.05) is 6.61 Å². The maximum absolute atomic E-state index is 13.3. The van der Waals surface area contributed by atoms with Gasteiger partial charge >= 0.3 is 0 Å². The lowest BCUT2D eigenvalue weighted by Crippen LogP contribution is -2.60. The number of aliphatic hydroxyl groups is 1. The van der Waals surface area contributed by atoms with Gasteiger partial charge in [0.15, 0.2) is 0 Å². The van der Waals surface area contributed by atoms with Crippen molar-refractivity contribution in [2.24, 2.45) is 17.3 Å². The van der Waals surface area contributed by atoms with Gasteiger partial charge in [0, 0.05) is 12.0 Å². The molecule has 4 nitrogen and oxygen atoms in total. The number of ether oxygens (including phenoxy) is 1. The first kappa shape index (κ1) is 14.8. The maximum Gasteiger partial charge on any atom is 0.226 e. The summed E-state index contributed by atoms with van der Waals surface area (Å²) in [5.74, 6) is 2.11. The highest BCUT2D eigenvalue weighted by atomic mass is 16.5. The number of carbonyl (C=O) groups excluding carboxylic acids is 1. The molecule has 4 heteroatoms. The van der Waals surface area contributed by atoms with Gasteiger partial charge in [0.05, 0.1) is 23.7 Å². The predicted octanol–water partition coefficient (Wildman–Crippen LogP) is 2.96. The van der Waals surface area contributed by atoms with E-state index >= 15 is 0 Å². The maximum atomic E-state index is 13.3. The van der Waals surface area contributed by atoms with Gasteiger partial charge in [-0.05, 0) is 56.4 Å². The van der Waals surface area contributed by atoms with Gasteiger partial charge < -0.3 is 15.2 Å². The monoisotopic (exact) mass is 327 g/mol. The highest BCUT2D eigenvalue weighted by molar-refractivity contribution is 5.84. The fourth-order valence-corrected chi connectivity index (χ4v) is 6.28. The molecule has 0 saturated heterocycles. The molecule has 0 aromatic heterocycles. The SMILES string of the molecule is O=C(N[C@H]1CCOc2ccccc21)C12C[C@@H]3C[C@@H](CC(O)(C3)C1)C2. The van der Waals surface area contributed by atoms with Gasteiger partial charge in [0.2, 0.25) is 5.91 Å². The van der Waals surface area contributed by atoms with Crippen LogP contribution in [0.25, 0.3) is 0 Å². The molecule has 4 aliphatic carbocycles. The van der Waals surface area contributed by atoms with E-state index in [2.05, 4.69) is 5.32 Å². The van der Waals surface area contributed by atoms with Crippen molar-refractivity contribution in [2.45, 2.75) is 56.6 Å². The first-order chi connectivity index (χ1) is 11.6. The fourth-order valence-electron chi connectivity index (χ4n) is 6.28. The Hall–Kier alpha value is -1.55. The highest BCUT2D eigenvalue weighted by Gasteiger charge is 2.60. The van der Waals surface area contributed by atoms with Gasteiger partial charge in [-0.15, -0.1) is 0 Å². The number of nitrogens with one attached hydrogen (secondary N) is 1. The van der Waals surface area contributed by atoms with E-state index in [1.54, 1.807) is 0 Å². The topological polar surface area (TPSA) is 58.6 Å². The van der Waals surface area contributed by atoms with Crippen LogP contribution in [0.15, 0.2) is 24.3 Å². The van der Waals surface area contributed by atoms with Crippen molar-refractivity contribution < 1.29 is 14.6 Å². The van der Waals surface area contributed by atoms with E-state index in [0.29, 0.717) is 24.9 Å². The van der Waals surface area contributed by atoms with E-state index < -0.39 is 5.60 Å². The van der Waals surface area contributed by atoms with E-state index in [0.717, 1.165) is 43.4 Å². The van der Waals surface area contributed by atoms with Crippen molar-refractivity contribution in [3.63, 3.8) is 0 Å². The second-order valence-corrected chi connectivity index (χ2v) is 8.67. The van der Waals surface area contributed by atoms with Gasteiger partial charge in [-0.1, -0.05) is 18.2 Å². The normalized spacial score (nSPS) is 42.3. The minimum absolute atomic E-state index is 0.0325. The summed E-state index contributed by atoms with van der Waals surface area (Å²) in [6.45, 7) is 0.643. The Morgan fingerprint density at radius 2 is 1.92 bits per heavy atom. The van der Waals surface area contributed by atoms with Gasteiger partial charge in [0.25, 0.3) is 0 Å². The number of hydrogen-bond acceptors (Lipinski definition) is 3. The standard InChI is InChI=1S/C20H25NO3/c22-18(21-16-5-6-24-17-4-2-1-3-15(16)17)19-8-13-7-14(9-19)11-20(23,10-13)12-19/h1-4,13-14,16,23H,5-12H2,(H,21,22)/t13-,14+,16-,19?,20?/m0/s1. The number of hydrogen-bond donors (Lipinski definition) is 2. The summed E-state index contributed by atoms with van der Waals surface area (Å²) >= 11 is 0. The van der Waals surface area contributed by atoms with E-state index in [1.807, 2.05) is 24.3 Å². The molecule has 5 atom stereocenters. The molecular formula is C20H25NO3. The Kier molecular flexibility index (Phi) is 3.06. The molecule has 4 fully saturated rings. The number of benzene rings is 1. The van der Waals surface area contributed by atoms with Gasteiger partial charge in [-0.25, -0.2) is 0 Å². The van der Waals surface area contributed by atoms with Crippen molar-refractivity contribution in [3.8, 4) is 5.75 Å². The molecule has 2 unspecified atom stereocenters. The lowest BCUT2D eigenvalue weighted by Gasteiger charge is -2.59. The second kappa shape index (κ2) is 4.98. The van der Waals surface area contributed by atoms with Gasteiger partial charge in [-0.3, -0.25) is 4.79 Å². The highest BCUT2D eigenvalue weighted by Crippen LogP contribution is 2.61. The van der Waals surface area contributed by atoms with E-state index in [9.17, 15) is 9.90 Å². The van der Waals surface area contributed by atoms with Crippen LogP contribution in [0.3, 0.4) is 0 Å². The van der Waals surface area contributed by atoms with Crippen molar-refractivity contribution >= 4 is 5.91 Å². The predicted molar refractivity (Wildman–Crippen MR) is 89.5 cm³/mol. The Morgan fingerprint density at radius 3 is 2.67 bits per heavy atom. The molecule has 24 heavy (non-hydrogen) atoms. The molecule has 4 saturated carbocycles. The van der Waals surface area contributed by atoms with Crippen molar-refractivity contribution in [1.29, 1.82) is 0 Å². The Morgan fingerprint density at radius 1 is 1.17 bits per heavy atom. The van der Waals surface area contributed by atoms with Crippen molar-refractivity contribution in [1.82, 2.24) is 5.32 Å². The molecule has 6 rings (SSSR count). The molecule has 0 radical (unpaired) electrons. The Labute approximate surface area is 142 Å². The largest absolute Gasteiger partial charge is 0.493 e. The summed E-state index contributed by atoms with van der Waals surface area (Å²) in [6, 6.07) is 8.02. The quantitative estimate of drug-likeness (QED) is 0.878. The van der Waals surface area contributed by atoms with Gasteiger partial charge in [0.1, 0.15) is 5.75 Å². The zero-order valence-electron chi connectivity index (χ0n) is 14.0. The molecule has 1 heterocycles. The average Bonchev–Trinajstić information content (AvgIpc) is 2.53. The van der Waals surface area contributed by atoms with E-state index in [-0.39, 0.29) is 17.4 Å². The van der Waals surface area contributed by atoms with Crippen LogP contribution < -0.4 is 10.1 Å². The third-order valence-corrected chi connectivity index (χ3v) is 6.78. The zero-order chi connectivity index (χ0) is 16.4. The fraction of sp³-hybridized carbons (Fsp3) is 0.650. The minimum Gasteiger partial charge on any atom is -0.493 e. The number of para-hydroxylation sites is 1. The van der Waals surface area contributed by atoms with Crippen LogP contribution in [0.1, 0.15) is 56.6 Å². The summed E-state index contributed by atoms with van der Waals surface area (Å²) in [7, 11) is 0. The molecule has 2 N–H and O–H groups in total. The molecule has 1 aromatic carbocycles. The summed E-state index contributed by atoms with van der Waals surface area (Å²) in [6.07, 6.45) is 6.40. The van der Waals surface area contributed by atoms with Gasteiger partial charge in [-0.2, -0.15) is 0 Å². The van der Waals surface area contributed by atoms with Crippen LogP contribution in [-0.4, -0.2) is 23.2 Å². The number of fused-ring (bicyclic) bond motifs is 1. The van der Waals surface area contributed by atoms with Crippen LogP contribution >= 0.6 is 0 Å². The minimum atomic E-state index is -0.588. The molecule has 1 amide bonds. The number of rotatable bonds is 2. The molecule has 5 aliphatic rings. The summed E-state index contributed by atoms with van der Waals surface area (Å²) < 4.78 is 5.71. The van der Waals surface area contributed by atoms with Crippen LogP contribution in [0.5, 0.6) is 5.75 Å². The Bertz CT molecular complexity index is 671. The smallest absolute Gasteiger partial charge is 0.226 e. The van der Waals surface area contributed by atoms with E-state index in [4.69, 9.17) is 4.74 Å². The third-order valence-electron chi connectivity index (χ3n) is 6.78. The third kappa shape index (κ3) is 2.19. The lowest BCUT2D eigenvalue weighted by atomic mass is 9.47. The first-order valence-electron chi connectivity index (χ1n) is 9.30. The van der Waals surface area contributed by atoms with Crippen LogP contribution in [-0.2, 0) is 4.79 Å². The molecule has 0 spiro atoms.